The van der Waals surface area contributed by atoms with Gasteiger partial charge in [0.1, 0.15) is 6.04 Å². The third kappa shape index (κ3) is 3.20. The Labute approximate surface area is 147 Å². The predicted octanol–water partition coefficient (Wildman–Crippen LogP) is 4.07. The van der Waals surface area contributed by atoms with Crippen LogP contribution in [0.4, 0.5) is 5.69 Å². The van der Waals surface area contributed by atoms with Crippen LogP contribution in [0.3, 0.4) is 0 Å². The molecule has 25 heavy (non-hydrogen) atoms. The first kappa shape index (κ1) is 17.0. The summed E-state index contributed by atoms with van der Waals surface area (Å²) in [4.78, 5) is 25.5. The number of benzene rings is 2. The van der Waals surface area contributed by atoms with Crippen molar-refractivity contribution in [1.82, 2.24) is 4.57 Å². The van der Waals surface area contributed by atoms with E-state index in [2.05, 4.69) is 12.2 Å². The van der Waals surface area contributed by atoms with E-state index in [0.717, 1.165) is 28.6 Å². The SMILES string of the molecule is CCc1cccc(C)c1NC(=O)C(C)n1ccc2ccccc2c1=O. The Hall–Kier alpha value is -2.88. The van der Waals surface area contributed by atoms with Crippen molar-refractivity contribution in [2.75, 3.05) is 5.32 Å². The fourth-order valence-electron chi connectivity index (χ4n) is 3.07. The summed E-state index contributed by atoms with van der Waals surface area (Å²) in [5, 5.41) is 4.50. The molecule has 0 aliphatic carbocycles. The van der Waals surface area contributed by atoms with Gasteiger partial charge in [0.05, 0.1) is 0 Å². The van der Waals surface area contributed by atoms with Gasteiger partial charge in [-0.1, -0.05) is 43.3 Å². The third-order valence-electron chi connectivity index (χ3n) is 4.63. The van der Waals surface area contributed by atoms with E-state index < -0.39 is 6.04 Å². The highest BCUT2D eigenvalue weighted by Gasteiger charge is 2.18. The molecule has 0 saturated heterocycles. The lowest BCUT2D eigenvalue weighted by Gasteiger charge is -2.18. The molecule has 0 radical (unpaired) electrons. The van der Waals surface area contributed by atoms with Crippen LogP contribution in [0, 0.1) is 6.92 Å². The lowest BCUT2D eigenvalue weighted by Crippen LogP contribution is -2.31. The number of hydrogen-bond donors (Lipinski definition) is 1. The van der Waals surface area contributed by atoms with Gasteiger partial charge < -0.3 is 9.88 Å². The normalized spacial score (nSPS) is 12.1. The fraction of sp³-hybridized carbons (Fsp3) is 0.238. The largest absolute Gasteiger partial charge is 0.324 e. The molecule has 4 heteroatoms. The molecular weight excluding hydrogens is 312 g/mol. The molecule has 3 aromatic rings. The summed E-state index contributed by atoms with van der Waals surface area (Å²) in [6.07, 6.45) is 2.52. The molecule has 0 aliphatic heterocycles. The highest BCUT2D eigenvalue weighted by molar-refractivity contribution is 5.95. The second-order valence-electron chi connectivity index (χ2n) is 6.24. The summed E-state index contributed by atoms with van der Waals surface area (Å²) >= 11 is 0. The first-order valence-electron chi connectivity index (χ1n) is 8.52. The second-order valence-corrected chi connectivity index (χ2v) is 6.24. The number of aromatic nitrogens is 1. The number of fused-ring (bicyclic) bond motifs is 1. The number of para-hydroxylation sites is 1. The molecule has 4 nitrogen and oxygen atoms in total. The van der Waals surface area contributed by atoms with Crippen LogP contribution in [0.1, 0.15) is 31.0 Å². The van der Waals surface area contributed by atoms with Crippen molar-refractivity contribution in [3.8, 4) is 0 Å². The number of amides is 1. The Kier molecular flexibility index (Phi) is 4.70. The number of nitrogens with one attached hydrogen (secondary N) is 1. The van der Waals surface area contributed by atoms with Crippen molar-refractivity contribution in [3.05, 3.63) is 76.2 Å². The Morgan fingerprint density at radius 1 is 1.12 bits per heavy atom. The Balaban J connectivity index is 1.94. The molecule has 0 saturated carbocycles. The van der Waals surface area contributed by atoms with E-state index in [1.165, 1.54) is 4.57 Å². The molecule has 1 amide bonds. The first-order chi connectivity index (χ1) is 12.0. The molecule has 128 valence electrons. The molecule has 1 atom stereocenters. The highest BCUT2D eigenvalue weighted by Crippen LogP contribution is 2.22. The van der Waals surface area contributed by atoms with Crippen molar-refractivity contribution < 1.29 is 4.79 Å². The summed E-state index contributed by atoms with van der Waals surface area (Å²) in [6.45, 7) is 5.78. The van der Waals surface area contributed by atoms with Crippen LogP contribution in [0.15, 0.2) is 59.5 Å². The molecule has 0 spiro atoms. The van der Waals surface area contributed by atoms with E-state index in [0.29, 0.717) is 5.39 Å². The van der Waals surface area contributed by atoms with Gasteiger partial charge in [-0.3, -0.25) is 9.59 Å². The number of rotatable bonds is 4. The zero-order valence-electron chi connectivity index (χ0n) is 14.7. The quantitative estimate of drug-likeness (QED) is 0.782. The number of nitrogens with zero attached hydrogens (tertiary/aromatic N) is 1. The maximum Gasteiger partial charge on any atom is 0.259 e. The summed E-state index contributed by atoms with van der Waals surface area (Å²) in [5.41, 5.74) is 2.80. The van der Waals surface area contributed by atoms with Crippen molar-refractivity contribution in [2.45, 2.75) is 33.2 Å². The molecule has 2 aromatic carbocycles. The van der Waals surface area contributed by atoms with Gasteiger partial charge in [0.2, 0.25) is 5.91 Å². The van der Waals surface area contributed by atoms with E-state index in [4.69, 9.17) is 0 Å². The Morgan fingerprint density at radius 3 is 2.64 bits per heavy atom. The Bertz CT molecular complexity index is 989. The number of carbonyl (C=O) groups excluding carboxylic acids is 1. The van der Waals surface area contributed by atoms with Crippen LogP contribution < -0.4 is 10.9 Å². The molecular formula is C21H22N2O2. The van der Waals surface area contributed by atoms with Crippen LogP contribution in [0.2, 0.25) is 0 Å². The van der Waals surface area contributed by atoms with Gasteiger partial charge in [-0.05, 0) is 48.9 Å². The van der Waals surface area contributed by atoms with E-state index in [1.54, 1.807) is 19.2 Å². The molecule has 0 aliphatic rings. The summed E-state index contributed by atoms with van der Waals surface area (Å²) < 4.78 is 1.49. The van der Waals surface area contributed by atoms with Crippen LogP contribution in [-0.2, 0) is 11.2 Å². The van der Waals surface area contributed by atoms with E-state index >= 15 is 0 Å². The standard InChI is InChI=1S/C21H22N2O2/c1-4-16-10-7-8-14(2)19(16)22-20(24)15(3)23-13-12-17-9-5-6-11-18(17)21(23)25/h5-13,15H,4H2,1-3H3,(H,22,24). The lowest BCUT2D eigenvalue weighted by atomic mass is 10.1. The van der Waals surface area contributed by atoms with Crippen molar-refractivity contribution >= 4 is 22.4 Å². The average molecular weight is 334 g/mol. The molecule has 0 fully saturated rings. The van der Waals surface area contributed by atoms with E-state index in [1.807, 2.05) is 49.4 Å². The summed E-state index contributed by atoms with van der Waals surface area (Å²) in [7, 11) is 0. The van der Waals surface area contributed by atoms with Crippen molar-refractivity contribution in [3.63, 3.8) is 0 Å². The van der Waals surface area contributed by atoms with E-state index in [9.17, 15) is 9.59 Å². The van der Waals surface area contributed by atoms with Crippen molar-refractivity contribution in [1.29, 1.82) is 0 Å². The number of pyridine rings is 1. The smallest absolute Gasteiger partial charge is 0.259 e. The fourth-order valence-corrected chi connectivity index (χ4v) is 3.07. The average Bonchev–Trinajstić information content (AvgIpc) is 2.63. The van der Waals surface area contributed by atoms with Gasteiger partial charge >= 0.3 is 0 Å². The lowest BCUT2D eigenvalue weighted by molar-refractivity contribution is -0.118. The molecule has 1 N–H and O–H groups in total. The third-order valence-corrected chi connectivity index (χ3v) is 4.63. The van der Waals surface area contributed by atoms with E-state index in [-0.39, 0.29) is 11.5 Å². The van der Waals surface area contributed by atoms with Gasteiger partial charge in [-0.2, -0.15) is 0 Å². The Morgan fingerprint density at radius 2 is 1.88 bits per heavy atom. The molecule has 1 unspecified atom stereocenters. The van der Waals surface area contributed by atoms with Gasteiger partial charge in [-0.15, -0.1) is 0 Å². The van der Waals surface area contributed by atoms with Crippen LogP contribution in [0.5, 0.6) is 0 Å². The summed E-state index contributed by atoms with van der Waals surface area (Å²) in [5.74, 6) is -0.193. The minimum Gasteiger partial charge on any atom is -0.324 e. The van der Waals surface area contributed by atoms with Gasteiger partial charge in [0, 0.05) is 17.3 Å². The summed E-state index contributed by atoms with van der Waals surface area (Å²) in [6, 6.07) is 14.7. The maximum absolute atomic E-state index is 12.8. The monoisotopic (exact) mass is 334 g/mol. The zero-order valence-corrected chi connectivity index (χ0v) is 14.7. The minimum atomic E-state index is -0.596. The first-order valence-corrected chi connectivity index (χ1v) is 8.52. The predicted molar refractivity (Wildman–Crippen MR) is 102 cm³/mol. The highest BCUT2D eigenvalue weighted by atomic mass is 16.2. The van der Waals surface area contributed by atoms with Gasteiger partial charge in [0.15, 0.2) is 0 Å². The maximum atomic E-state index is 12.8. The number of carbonyl (C=O) groups is 1. The van der Waals surface area contributed by atoms with Crippen molar-refractivity contribution in [2.24, 2.45) is 0 Å². The van der Waals surface area contributed by atoms with Crippen LogP contribution in [-0.4, -0.2) is 10.5 Å². The number of anilines is 1. The van der Waals surface area contributed by atoms with Gasteiger partial charge in [-0.25, -0.2) is 0 Å². The number of aryl methyl sites for hydroxylation is 2. The van der Waals surface area contributed by atoms with Gasteiger partial charge in [0.25, 0.3) is 5.56 Å². The molecule has 1 heterocycles. The van der Waals surface area contributed by atoms with Crippen LogP contribution >= 0.6 is 0 Å². The minimum absolute atomic E-state index is 0.152. The second kappa shape index (κ2) is 6.93. The topological polar surface area (TPSA) is 51.1 Å². The molecule has 3 rings (SSSR count). The molecule has 1 aromatic heterocycles. The molecule has 0 bridgehead atoms. The van der Waals surface area contributed by atoms with Crippen LogP contribution in [0.25, 0.3) is 10.8 Å². The zero-order chi connectivity index (χ0) is 18.0. The number of hydrogen-bond acceptors (Lipinski definition) is 2.